The zero-order valence-electron chi connectivity index (χ0n) is 12.1. The fourth-order valence-corrected chi connectivity index (χ4v) is 2.59. The minimum atomic E-state index is -1.27. The largest absolute Gasteiger partial charge is 0.480 e. The molecule has 0 saturated carbocycles. The van der Waals surface area contributed by atoms with E-state index in [2.05, 4.69) is 6.58 Å². The van der Waals surface area contributed by atoms with Gasteiger partial charge in [-0.15, -0.1) is 6.58 Å². The van der Waals surface area contributed by atoms with Gasteiger partial charge in [0, 0.05) is 6.42 Å². The van der Waals surface area contributed by atoms with Gasteiger partial charge in [-0.05, 0) is 12.0 Å². The van der Waals surface area contributed by atoms with Crippen molar-refractivity contribution in [3.63, 3.8) is 0 Å². The van der Waals surface area contributed by atoms with Crippen LogP contribution in [0.25, 0.3) is 0 Å². The topological polar surface area (TPSA) is 87.1 Å². The highest BCUT2D eigenvalue weighted by Gasteiger charge is 2.48. The molecule has 1 fully saturated rings. The number of carboxylic acid groups (broad SMARTS) is 1. The summed E-state index contributed by atoms with van der Waals surface area (Å²) in [6.07, 6.45) is 0.961. The van der Waals surface area contributed by atoms with E-state index in [1.807, 2.05) is 18.2 Å². The fourth-order valence-electron chi connectivity index (χ4n) is 2.59. The van der Waals surface area contributed by atoms with Crippen LogP contribution in [0.5, 0.6) is 0 Å². The molecule has 1 aliphatic heterocycles. The lowest BCUT2D eigenvalue weighted by molar-refractivity contribution is -0.141. The first kappa shape index (κ1) is 16.0. The molecule has 1 saturated heterocycles. The number of nitrogens with zero attached hydrogens (tertiary/aromatic N) is 1. The molecular weight excluding hydrogens is 286 g/mol. The summed E-state index contributed by atoms with van der Waals surface area (Å²) in [6.45, 7) is 3.52. The fraction of sp³-hybridized carbons (Fsp3) is 0.375. The lowest BCUT2D eigenvalue weighted by Crippen LogP contribution is -2.41. The van der Waals surface area contributed by atoms with Gasteiger partial charge in [-0.3, -0.25) is 4.90 Å². The Morgan fingerprint density at radius 3 is 2.68 bits per heavy atom. The maximum Gasteiger partial charge on any atom is 0.410 e. The second kappa shape index (κ2) is 6.62. The summed E-state index contributed by atoms with van der Waals surface area (Å²) >= 11 is 0. The predicted molar refractivity (Wildman–Crippen MR) is 79.1 cm³/mol. The maximum atomic E-state index is 12.1. The van der Waals surface area contributed by atoms with Crippen molar-refractivity contribution in [2.75, 3.05) is 6.54 Å². The molecule has 0 bridgehead atoms. The van der Waals surface area contributed by atoms with Crippen molar-refractivity contribution in [1.82, 2.24) is 4.90 Å². The lowest BCUT2D eigenvalue weighted by Gasteiger charge is -2.22. The van der Waals surface area contributed by atoms with Crippen LogP contribution in [0.15, 0.2) is 43.0 Å². The average Bonchev–Trinajstić information content (AvgIpc) is 2.84. The zero-order valence-corrected chi connectivity index (χ0v) is 12.1. The Hall–Kier alpha value is -2.34. The highest BCUT2D eigenvalue weighted by Crippen LogP contribution is 2.31. The Kier molecular flexibility index (Phi) is 4.82. The molecular formula is C16H19NO5. The van der Waals surface area contributed by atoms with Crippen LogP contribution >= 0.6 is 0 Å². The van der Waals surface area contributed by atoms with Crippen LogP contribution in [0, 0.1) is 0 Å². The standard InChI is InChI=1S/C16H19NO5/c1-2-8-16(21)9-13(14(18)19)17(11-16)15(20)22-10-12-6-4-3-5-7-12/h2-7,13,21H,1,8-11H2,(H,18,19)/t13-,16?/m0/s1. The van der Waals surface area contributed by atoms with Gasteiger partial charge in [0.2, 0.25) is 0 Å². The van der Waals surface area contributed by atoms with Crippen molar-refractivity contribution < 1.29 is 24.5 Å². The van der Waals surface area contributed by atoms with Crippen LogP contribution in [0.1, 0.15) is 18.4 Å². The van der Waals surface area contributed by atoms with E-state index in [0.29, 0.717) is 0 Å². The summed E-state index contributed by atoms with van der Waals surface area (Å²) in [5, 5.41) is 19.6. The number of amides is 1. The van der Waals surface area contributed by atoms with Crippen LogP contribution < -0.4 is 0 Å². The van der Waals surface area contributed by atoms with Gasteiger partial charge in [-0.25, -0.2) is 9.59 Å². The van der Waals surface area contributed by atoms with E-state index >= 15 is 0 Å². The van der Waals surface area contributed by atoms with Gasteiger partial charge in [0.1, 0.15) is 12.6 Å². The number of aliphatic hydroxyl groups is 1. The quantitative estimate of drug-likeness (QED) is 0.810. The smallest absolute Gasteiger partial charge is 0.410 e. The molecule has 1 aromatic carbocycles. The first-order valence-electron chi connectivity index (χ1n) is 6.98. The van der Waals surface area contributed by atoms with Crippen molar-refractivity contribution in [3.8, 4) is 0 Å². The van der Waals surface area contributed by atoms with Crippen LogP contribution in [0.3, 0.4) is 0 Å². The first-order chi connectivity index (χ1) is 10.4. The van der Waals surface area contributed by atoms with E-state index < -0.39 is 23.7 Å². The third-order valence-corrected chi connectivity index (χ3v) is 3.66. The highest BCUT2D eigenvalue weighted by atomic mass is 16.6. The number of likely N-dealkylation sites (tertiary alicyclic amines) is 1. The molecule has 2 atom stereocenters. The highest BCUT2D eigenvalue weighted by molar-refractivity contribution is 5.81. The third-order valence-electron chi connectivity index (χ3n) is 3.66. The Morgan fingerprint density at radius 2 is 2.09 bits per heavy atom. The molecule has 6 heteroatoms. The number of carboxylic acids is 1. The van der Waals surface area contributed by atoms with E-state index in [0.717, 1.165) is 10.5 Å². The minimum Gasteiger partial charge on any atom is -0.480 e. The predicted octanol–water partition coefficient (Wildman–Crippen LogP) is 1.79. The van der Waals surface area contributed by atoms with Crippen molar-refractivity contribution in [2.24, 2.45) is 0 Å². The van der Waals surface area contributed by atoms with Gasteiger partial charge in [0.05, 0.1) is 12.1 Å². The second-order valence-corrected chi connectivity index (χ2v) is 5.44. The summed E-state index contributed by atoms with van der Waals surface area (Å²) in [4.78, 5) is 24.5. The number of β-amino-alcohol motifs (C(OH)–C–C–N with tert-alkyl or cyclic N) is 1. The van der Waals surface area contributed by atoms with E-state index in [1.54, 1.807) is 12.1 Å². The molecule has 118 valence electrons. The molecule has 6 nitrogen and oxygen atoms in total. The van der Waals surface area contributed by atoms with Gasteiger partial charge < -0.3 is 14.9 Å². The van der Waals surface area contributed by atoms with Gasteiger partial charge in [0.15, 0.2) is 0 Å². The number of ether oxygens (including phenoxy) is 1. The van der Waals surface area contributed by atoms with Crippen LogP contribution in [-0.4, -0.2) is 45.4 Å². The molecule has 22 heavy (non-hydrogen) atoms. The third kappa shape index (κ3) is 3.65. The van der Waals surface area contributed by atoms with Gasteiger partial charge in [-0.2, -0.15) is 0 Å². The van der Waals surface area contributed by atoms with E-state index in [1.165, 1.54) is 6.08 Å². The molecule has 2 rings (SSSR count). The van der Waals surface area contributed by atoms with E-state index in [9.17, 15) is 19.8 Å². The second-order valence-electron chi connectivity index (χ2n) is 5.44. The summed E-state index contributed by atoms with van der Waals surface area (Å²) in [6, 6.07) is 8.01. The van der Waals surface area contributed by atoms with E-state index in [-0.39, 0.29) is 26.0 Å². The van der Waals surface area contributed by atoms with Crippen LogP contribution in [0.4, 0.5) is 4.79 Å². The zero-order chi connectivity index (χ0) is 16.2. The Bertz CT molecular complexity index is 559. The number of carbonyl (C=O) groups is 2. The molecule has 2 N–H and O–H groups in total. The lowest BCUT2D eigenvalue weighted by atomic mass is 9.96. The molecule has 0 aromatic heterocycles. The van der Waals surface area contributed by atoms with Gasteiger partial charge in [0.25, 0.3) is 0 Å². The van der Waals surface area contributed by atoms with Gasteiger partial charge >= 0.3 is 12.1 Å². The number of benzene rings is 1. The van der Waals surface area contributed by atoms with Gasteiger partial charge in [-0.1, -0.05) is 36.4 Å². The van der Waals surface area contributed by atoms with Crippen LogP contribution in [-0.2, 0) is 16.1 Å². The summed E-state index contributed by atoms with van der Waals surface area (Å²) in [5.41, 5.74) is -0.459. The number of aliphatic carboxylic acids is 1. The summed E-state index contributed by atoms with van der Waals surface area (Å²) in [7, 11) is 0. The average molecular weight is 305 g/mol. The molecule has 0 radical (unpaired) electrons. The monoisotopic (exact) mass is 305 g/mol. The van der Waals surface area contributed by atoms with Crippen molar-refractivity contribution in [2.45, 2.75) is 31.1 Å². The molecule has 1 unspecified atom stereocenters. The Balaban J connectivity index is 2.03. The molecule has 0 spiro atoms. The Labute approximate surface area is 128 Å². The molecule has 1 amide bonds. The molecule has 1 aromatic rings. The van der Waals surface area contributed by atoms with Crippen molar-refractivity contribution in [1.29, 1.82) is 0 Å². The number of hydrogen-bond acceptors (Lipinski definition) is 4. The maximum absolute atomic E-state index is 12.1. The number of rotatable bonds is 5. The van der Waals surface area contributed by atoms with Crippen molar-refractivity contribution in [3.05, 3.63) is 48.6 Å². The minimum absolute atomic E-state index is 0.0329. The SMILES string of the molecule is C=CCC1(O)C[C@@H](C(=O)O)N(C(=O)OCc2ccccc2)C1. The summed E-state index contributed by atoms with van der Waals surface area (Å²) in [5.74, 6) is -1.16. The summed E-state index contributed by atoms with van der Waals surface area (Å²) < 4.78 is 5.15. The number of hydrogen-bond donors (Lipinski definition) is 2. The first-order valence-corrected chi connectivity index (χ1v) is 6.98. The Morgan fingerprint density at radius 1 is 1.41 bits per heavy atom. The molecule has 1 aliphatic rings. The molecule has 0 aliphatic carbocycles. The molecule has 1 heterocycles. The number of carbonyl (C=O) groups excluding carboxylic acids is 1. The normalized spacial score (nSPS) is 24.0. The van der Waals surface area contributed by atoms with E-state index in [4.69, 9.17) is 4.74 Å². The van der Waals surface area contributed by atoms with Crippen LogP contribution in [0.2, 0.25) is 0 Å². The van der Waals surface area contributed by atoms with Crippen molar-refractivity contribution >= 4 is 12.1 Å².